The average Bonchev–Trinajstić information content (AvgIpc) is 3.21. The van der Waals surface area contributed by atoms with E-state index in [1.165, 1.54) is 5.57 Å². The van der Waals surface area contributed by atoms with Crippen molar-refractivity contribution in [2.24, 2.45) is 17.3 Å². The van der Waals surface area contributed by atoms with Crippen molar-refractivity contribution in [3.8, 4) is 0 Å². The van der Waals surface area contributed by atoms with Crippen molar-refractivity contribution >= 4 is 6.16 Å². The van der Waals surface area contributed by atoms with Crippen LogP contribution in [-0.4, -0.2) is 52.0 Å². The lowest BCUT2D eigenvalue weighted by atomic mass is 9.62. The van der Waals surface area contributed by atoms with Crippen molar-refractivity contribution < 1.29 is 29.6 Å². The van der Waals surface area contributed by atoms with Crippen molar-refractivity contribution in [3.05, 3.63) is 59.8 Å². The van der Waals surface area contributed by atoms with Crippen LogP contribution < -0.4 is 0 Å². The van der Waals surface area contributed by atoms with Crippen molar-refractivity contribution in [1.29, 1.82) is 0 Å². The van der Waals surface area contributed by atoms with Crippen LogP contribution in [0.15, 0.2) is 59.8 Å². The number of carbonyl (C=O) groups is 1. The molecule has 6 atom stereocenters. The van der Waals surface area contributed by atoms with E-state index in [0.717, 1.165) is 56.1 Å². The van der Waals surface area contributed by atoms with E-state index < -0.39 is 30.1 Å². The smallest absolute Gasteiger partial charge is 0.434 e. The van der Waals surface area contributed by atoms with Gasteiger partial charge in [-0.25, -0.2) is 4.79 Å². The summed E-state index contributed by atoms with van der Waals surface area (Å²) < 4.78 is 10.5. The van der Waals surface area contributed by atoms with Gasteiger partial charge >= 0.3 is 6.16 Å². The normalized spacial score (nSPS) is 33.0. The molecule has 38 heavy (non-hydrogen) atoms. The van der Waals surface area contributed by atoms with Gasteiger partial charge in [-0.2, -0.15) is 0 Å². The van der Waals surface area contributed by atoms with Crippen molar-refractivity contribution in [1.82, 2.24) is 0 Å². The molecule has 0 radical (unpaired) electrons. The highest BCUT2D eigenvalue weighted by Crippen LogP contribution is 2.59. The maximum Gasteiger partial charge on any atom is 0.508 e. The van der Waals surface area contributed by atoms with Crippen LogP contribution in [0, 0.1) is 17.3 Å². The number of hydrogen-bond acceptors (Lipinski definition) is 6. The van der Waals surface area contributed by atoms with Gasteiger partial charge in [-0.05, 0) is 87.2 Å². The Hall–Kier alpha value is -2.15. The van der Waals surface area contributed by atoms with Crippen molar-refractivity contribution in [2.75, 3.05) is 6.61 Å². The maximum atomic E-state index is 12.0. The third-order valence-electron chi connectivity index (χ3n) is 8.95. The first-order valence-electron chi connectivity index (χ1n) is 14.2. The first kappa shape index (κ1) is 30.4. The Kier molecular flexibility index (Phi) is 10.2. The molecule has 0 saturated heterocycles. The van der Waals surface area contributed by atoms with Gasteiger partial charge in [-0.3, -0.25) is 0 Å². The molecule has 0 aromatic carbocycles. The number of allylic oxidation sites excluding steroid dienone is 5. The van der Waals surface area contributed by atoms with Crippen LogP contribution in [0.25, 0.3) is 0 Å². The fourth-order valence-electron chi connectivity index (χ4n) is 6.48. The van der Waals surface area contributed by atoms with Gasteiger partial charge in [-0.15, -0.1) is 0 Å². The van der Waals surface area contributed by atoms with Gasteiger partial charge < -0.3 is 24.8 Å². The quantitative estimate of drug-likeness (QED) is 0.184. The van der Waals surface area contributed by atoms with E-state index in [1.54, 1.807) is 19.9 Å². The highest BCUT2D eigenvalue weighted by Gasteiger charge is 2.49. The van der Waals surface area contributed by atoms with Crippen LogP contribution in [-0.2, 0) is 9.47 Å². The third-order valence-corrected chi connectivity index (χ3v) is 8.95. The number of rotatable bonds is 9. The van der Waals surface area contributed by atoms with Gasteiger partial charge in [0.2, 0.25) is 0 Å². The fourth-order valence-corrected chi connectivity index (χ4v) is 6.48. The second-order valence-electron chi connectivity index (χ2n) is 12.1. The summed E-state index contributed by atoms with van der Waals surface area (Å²) in [5.74, 6) is 0.737. The number of unbranched alkanes of at least 4 members (excludes halogenated alkanes) is 1. The highest BCUT2D eigenvalue weighted by molar-refractivity contribution is 5.60. The molecule has 3 N–H and O–H groups in total. The lowest BCUT2D eigenvalue weighted by Gasteiger charge is -2.42. The van der Waals surface area contributed by atoms with Gasteiger partial charge in [0.05, 0.1) is 18.8 Å². The second-order valence-corrected chi connectivity index (χ2v) is 12.1. The zero-order valence-corrected chi connectivity index (χ0v) is 23.7. The summed E-state index contributed by atoms with van der Waals surface area (Å²) in [7, 11) is 0. The second kappa shape index (κ2) is 12.8. The molecule has 0 unspecified atom stereocenters. The topological polar surface area (TPSA) is 96.2 Å². The lowest BCUT2D eigenvalue weighted by molar-refractivity contribution is -0.0668. The standard InChI is InChI=1S/C32H48O6/c1-7-8-18-37-30(36)38-31(4,5)29(35)16-11-21(2)26-14-15-27-23(10-9-17-32(26,27)6)12-13-24-19-25(33)20-28(34)22(24)3/h11-13,16,25-29,33-35H,2-3,7-10,14-15,17-20H2,1,4-6H3/b16-11+,23-12+,24-13-/t25-,26-,27+,28+,29+,32-/m1/s1. The Morgan fingerprint density at radius 2 is 2.00 bits per heavy atom. The zero-order valence-electron chi connectivity index (χ0n) is 23.7. The fraction of sp³-hybridized carbons (Fsp3) is 0.656. The predicted octanol–water partition coefficient (Wildman–Crippen LogP) is 6.33. The molecular formula is C32H48O6. The molecule has 0 heterocycles. The summed E-state index contributed by atoms with van der Waals surface area (Å²) in [6.07, 6.45) is 12.8. The number of hydrogen-bond donors (Lipinski definition) is 3. The van der Waals surface area contributed by atoms with E-state index in [1.807, 2.05) is 13.0 Å². The summed E-state index contributed by atoms with van der Waals surface area (Å²) in [6, 6.07) is 0. The Balaban J connectivity index is 1.66. The van der Waals surface area contributed by atoms with Crippen LogP contribution in [0.4, 0.5) is 4.79 Å². The molecule has 0 amide bonds. The Morgan fingerprint density at radius 3 is 2.71 bits per heavy atom. The van der Waals surface area contributed by atoms with Crippen LogP contribution in [0.3, 0.4) is 0 Å². The molecule has 6 nitrogen and oxygen atoms in total. The lowest BCUT2D eigenvalue weighted by Crippen LogP contribution is -2.40. The molecular weight excluding hydrogens is 480 g/mol. The molecule has 0 aromatic rings. The van der Waals surface area contributed by atoms with E-state index in [-0.39, 0.29) is 5.41 Å². The predicted molar refractivity (Wildman–Crippen MR) is 150 cm³/mol. The van der Waals surface area contributed by atoms with Crippen molar-refractivity contribution in [2.45, 2.75) is 109 Å². The molecule has 3 aliphatic rings. The van der Waals surface area contributed by atoms with Gasteiger partial charge in [-0.1, -0.05) is 68.9 Å². The molecule has 212 valence electrons. The Morgan fingerprint density at radius 1 is 1.26 bits per heavy atom. The van der Waals surface area contributed by atoms with E-state index >= 15 is 0 Å². The minimum atomic E-state index is -1.12. The van der Waals surface area contributed by atoms with E-state index in [9.17, 15) is 20.1 Å². The number of fused-ring (bicyclic) bond motifs is 1. The number of aliphatic hydroxyl groups excluding tert-OH is 3. The molecule has 3 aliphatic carbocycles. The monoisotopic (exact) mass is 528 g/mol. The summed E-state index contributed by atoms with van der Waals surface area (Å²) in [5, 5.41) is 31.0. The number of ether oxygens (including phenoxy) is 2. The molecule has 3 rings (SSSR count). The van der Waals surface area contributed by atoms with Gasteiger partial charge in [0, 0.05) is 6.42 Å². The maximum absolute atomic E-state index is 12.0. The van der Waals surface area contributed by atoms with Crippen LogP contribution in [0.1, 0.15) is 85.5 Å². The molecule has 0 bridgehead atoms. The van der Waals surface area contributed by atoms with E-state index in [0.29, 0.717) is 36.9 Å². The van der Waals surface area contributed by atoms with Gasteiger partial charge in [0.1, 0.15) is 11.7 Å². The van der Waals surface area contributed by atoms with Gasteiger partial charge in [0.15, 0.2) is 0 Å². The summed E-state index contributed by atoms with van der Waals surface area (Å²) >= 11 is 0. The highest BCUT2D eigenvalue weighted by atomic mass is 16.7. The minimum Gasteiger partial charge on any atom is -0.434 e. The molecule has 0 aliphatic heterocycles. The van der Waals surface area contributed by atoms with Crippen molar-refractivity contribution in [3.63, 3.8) is 0 Å². The SMILES string of the molecule is C=C(/C=C/[C@H](O)C(C)(C)OC(=O)OCCCC)[C@H]1CC[C@H]2/C(=C/C=C3/C[C@@H](O)C[C@H](O)C3=C)CCC[C@]12C. The van der Waals surface area contributed by atoms with Crippen LogP contribution in [0.2, 0.25) is 0 Å². The Labute approximate surface area is 228 Å². The molecule has 0 aromatic heterocycles. The van der Waals surface area contributed by atoms with E-state index in [2.05, 4.69) is 32.2 Å². The van der Waals surface area contributed by atoms with Crippen LogP contribution in [0.5, 0.6) is 0 Å². The van der Waals surface area contributed by atoms with E-state index in [4.69, 9.17) is 9.47 Å². The molecule has 6 heteroatoms. The van der Waals surface area contributed by atoms with Gasteiger partial charge in [0.25, 0.3) is 0 Å². The first-order valence-corrected chi connectivity index (χ1v) is 14.2. The minimum absolute atomic E-state index is 0.0761. The number of aliphatic hydroxyl groups is 3. The third kappa shape index (κ3) is 7.08. The Bertz CT molecular complexity index is 972. The zero-order chi connectivity index (χ0) is 28.1. The summed E-state index contributed by atoms with van der Waals surface area (Å²) in [6.45, 7) is 16.4. The largest absolute Gasteiger partial charge is 0.508 e. The average molecular weight is 529 g/mol. The summed E-state index contributed by atoms with van der Waals surface area (Å²) in [5.41, 5.74) is 3.01. The molecule has 3 fully saturated rings. The molecule has 3 saturated carbocycles. The molecule has 0 spiro atoms. The number of carbonyl (C=O) groups excluding carboxylic acids is 1. The first-order chi connectivity index (χ1) is 17.9. The van der Waals surface area contributed by atoms with Crippen LogP contribution >= 0.6 is 0 Å². The summed E-state index contributed by atoms with van der Waals surface area (Å²) in [4.78, 5) is 12.0.